The molecule has 54 heavy (non-hydrogen) atoms. The minimum Gasteiger partial charge on any atom is -0.311 e. The number of hydrogen-bond acceptors (Lipinski definition) is 3. The number of fused-ring (bicyclic) bond motifs is 3. The summed E-state index contributed by atoms with van der Waals surface area (Å²) in [5.41, 5.74) is 13.9. The summed E-state index contributed by atoms with van der Waals surface area (Å²) in [6, 6.07) is 70.2. The van der Waals surface area contributed by atoms with Crippen LogP contribution in [-0.4, -0.2) is 4.98 Å². The highest BCUT2D eigenvalue weighted by molar-refractivity contribution is 7.17. The molecule has 0 aliphatic heterocycles. The number of aromatic nitrogens is 1. The van der Waals surface area contributed by atoms with Gasteiger partial charge in [-0.3, -0.25) is 4.98 Å². The van der Waals surface area contributed by atoms with Gasteiger partial charge in [-0.2, -0.15) is 0 Å². The maximum atomic E-state index is 4.64. The fourth-order valence-electron chi connectivity index (χ4n) is 7.51. The summed E-state index contributed by atoms with van der Waals surface area (Å²) in [5.74, 6) is 0. The molecule has 0 saturated heterocycles. The van der Waals surface area contributed by atoms with E-state index < -0.39 is 0 Å². The lowest BCUT2D eigenvalue weighted by atomic mass is 9.99. The van der Waals surface area contributed by atoms with Crippen molar-refractivity contribution in [2.24, 2.45) is 0 Å². The minimum atomic E-state index is 1.07. The SMILES string of the molecule is c1ccc2cc(-c3ccc(N(c4ccc(-c5ccc(-c6csc7cccnc67)cc5)cc4)c4ccc(-c5ccc6ccccc6c5)cc4)cc3)ccc2c1. The minimum absolute atomic E-state index is 1.07. The third-order valence-corrected chi connectivity index (χ3v) is 11.3. The average Bonchev–Trinajstić information content (AvgIpc) is 3.69. The third-order valence-electron chi connectivity index (χ3n) is 10.4. The van der Waals surface area contributed by atoms with Gasteiger partial charge in [0.25, 0.3) is 0 Å². The van der Waals surface area contributed by atoms with Gasteiger partial charge < -0.3 is 4.90 Å². The molecule has 10 rings (SSSR count). The van der Waals surface area contributed by atoms with Crippen molar-refractivity contribution in [3.8, 4) is 44.5 Å². The second-order valence-electron chi connectivity index (χ2n) is 13.7. The first-order valence-corrected chi connectivity index (χ1v) is 19.1. The quantitative estimate of drug-likeness (QED) is 0.164. The van der Waals surface area contributed by atoms with Crippen LogP contribution in [0.4, 0.5) is 17.1 Å². The zero-order valence-electron chi connectivity index (χ0n) is 29.4. The Hall–Kier alpha value is -6.81. The van der Waals surface area contributed by atoms with Crippen LogP contribution < -0.4 is 4.90 Å². The van der Waals surface area contributed by atoms with Gasteiger partial charge in [-0.25, -0.2) is 0 Å². The number of anilines is 3. The van der Waals surface area contributed by atoms with Gasteiger partial charge in [0, 0.05) is 34.2 Å². The fraction of sp³-hybridized carbons (Fsp3) is 0. The lowest BCUT2D eigenvalue weighted by Crippen LogP contribution is -2.09. The van der Waals surface area contributed by atoms with E-state index in [1.54, 1.807) is 11.3 Å². The van der Waals surface area contributed by atoms with Crippen LogP contribution in [0.25, 0.3) is 76.3 Å². The molecule has 10 aromatic rings. The number of hydrogen-bond donors (Lipinski definition) is 0. The average molecular weight is 707 g/mol. The van der Waals surface area contributed by atoms with Crippen molar-refractivity contribution < 1.29 is 0 Å². The number of nitrogens with zero attached hydrogens (tertiary/aromatic N) is 2. The molecule has 0 saturated carbocycles. The molecule has 0 aliphatic rings. The van der Waals surface area contributed by atoms with Gasteiger partial charge in [0.05, 0.1) is 10.2 Å². The molecule has 2 heterocycles. The van der Waals surface area contributed by atoms with Crippen molar-refractivity contribution >= 4 is 60.2 Å². The Balaban J connectivity index is 0.985. The number of benzene rings is 8. The molecule has 0 spiro atoms. The molecule has 0 bridgehead atoms. The Labute approximate surface area is 318 Å². The van der Waals surface area contributed by atoms with Gasteiger partial charge >= 0.3 is 0 Å². The largest absolute Gasteiger partial charge is 0.311 e. The van der Waals surface area contributed by atoms with Crippen molar-refractivity contribution in [1.29, 1.82) is 0 Å². The van der Waals surface area contributed by atoms with Gasteiger partial charge in [0.1, 0.15) is 0 Å². The predicted molar refractivity (Wildman–Crippen MR) is 231 cm³/mol. The molecule has 0 radical (unpaired) electrons. The Morgan fingerprint density at radius 2 is 0.759 bits per heavy atom. The molecular formula is C51H34N2S. The summed E-state index contributed by atoms with van der Waals surface area (Å²) >= 11 is 1.74. The van der Waals surface area contributed by atoms with Gasteiger partial charge in [0.15, 0.2) is 0 Å². The van der Waals surface area contributed by atoms with Crippen LogP contribution in [0.1, 0.15) is 0 Å². The lowest BCUT2D eigenvalue weighted by Gasteiger charge is -2.26. The van der Waals surface area contributed by atoms with Crippen LogP contribution in [0.5, 0.6) is 0 Å². The first-order chi connectivity index (χ1) is 26.7. The smallest absolute Gasteiger partial charge is 0.0888 e. The fourth-order valence-corrected chi connectivity index (χ4v) is 8.43. The van der Waals surface area contributed by atoms with Crippen molar-refractivity contribution in [2.75, 3.05) is 4.90 Å². The monoisotopic (exact) mass is 706 g/mol. The molecule has 0 amide bonds. The first-order valence-electron chi connectivity index (χ1n) is 18.3. The molecule has 0 N–H and O–H groups in total. The van der Waals surface area contributed by atoms with Gasteiger partial charge in [-0.15, -0.1) is 11.3 Å². The van der Waals surface area contributed by atoms with Gasteiger partial charge in [-0.1, -0.05) is 133 Å². The van der Waals surface area contributed by atoms with Crippen LogP contribution in [-0.2, 0) is 0 Å². The predicted octanol–water partition coefficient (Wildman–Crippen LogP) is 14.7. The molecule has 0 unspecified atom stereocenters. The van der Waals surface area contributed by atoms with E-state index in [1.807, 2.05) is 12.3 Å². The summed E-state index contributed by atoms with van der Waals surface area (Å²) in [6.07, 6.45) is 1.87. The second-order valence-corrected chi connectivity index (χ2v) is 14.6. The molecule has 2 nitrogen and oxygen atoms in total. The van der Waals surface area contributed by atoms with Crippen LogP contribution in [0.3, 0.4) is 0 Å². The van der Waals surface area contributed by atoms with E-state index in [0.717, 1.165) is 22.6 Å². The highest BCUT2D eigenvalue weighted by Crippen LogP contribution is 2.39. The maximum Gasteiger partial charge on any atom is 0.0888 e. The summed E-state index contributed by atoms with van der Waals surface area (Å²) in [4.78, 5) is 6.99. The van der Waals surface area contributed by atoms with E-state index >= 15 is 0 Å². The van der Waals surface area contributed by atoms with Crippen LogP contribution in [0.15, 0.2) is 206 Å². The third kappa shape index (κ3) is 6.01. The zero-order chi connectivity index (χ0) is 35.8. The maximum absolute atomic E-state index is 4.64. The first kappa shape index (κ1) is 31.9. The van der Waals surface area contributed by atoms with E-state index in [9.17, 15) is 0 Å². The summed E-state index contributed by atoms with van der Waals surface area (Å²) in [6.45, 7) is 0. The Morgan fingerprint density at radius 1 is 0.352 bits per heavy atom. The highest BCUT2D eigenvalue weighted by atomic mass is 32.1. The molecule has 3 heteroatoms. The van der Waals surface area contributed by atoms with Gasteiger partial charge in [-0.05, 0) is 121 Å². The molecule has 0 fully saturated rings. The van der Waals surface area contributed by atoms with Crippen molar-refractivity contribution in [2.45, 2.75) is 0 Å². The topological polar surface area (TPSA) is 16.1 Å². The van der Waals surface area contributed by atoms with Crippen molar-refractivity contribution in [3.63, 3.8) is 0 Å². The zero-order valence-corrected chi connectivity index (χ0v) is 30.2. The number of thiophene rings is 1. The molecule has 0 aliphatic carbocycles. The van der Waals surface area contributed by atoms with Crippen LogP contribution in [0.2, 0.25) is 0 Å². The molecule has 8 aromatic carbocycles. The molecular weight excluding hydrogens is 673 g/mol. The highest BCUT2D eigenvalue weighted by Gasteiger charge is 2.15. The van der Waals surface area contributed by atoms with Crippen molar-refractivity contribution in [1.82, 2.24) is 4.98 Å². The van der Waals surface area contributed by atoms with E-state index in [0.29, 0.717) is 0 Å². The van der Waals surface area contributed by atoms with Crippen LogP contribution in [0, 0.1) is 0 Å². The molecule has 254 valence electrons. The second kappa shape index (κ2) is 13.6. The van der Waals surface area contributed by atoms with Gasteiger partial charge in [0.2, 0.25) is 0 Å². The standard InChI is InChI=1S/C51H34N2S/c1-3-8-42-32-44(17-13-35(42)6-1)39-21-27-47(28-22-39)53(48-29-23-40(24-30-48)45-18-14-36-7-2-4-9-43(36)33-45)46-25-19-38(20-26-46)37-11-15-41(16-12-37)49-34-54-50-10-5-31-52-51(49)50/h1-34H. The number of rotatable bonds is 7. The van der Waals surface area contributed by atoms with Crippen LogP contribution >= 0.6 is 11.3 Å². The summed E-state index contributed by atoms with van der Waals surface area (Å²) in [7, 11) is 0. The molecule has 2 aromatic heterocycles. The Bertz CT molecular complexity index is 2780. The van der Waals surface area contributed by atoms with E-state index in [4.69, 9.17) is 0 Å². The normalized spacial score (nSPS) is 11.3. The molecule has 0 atom stereocenters. The summed E-state index contributed by atoms with van der Waals surface area (Å²) in [5, 5.41) is 7.21. The Kier molecular flexibility index (Phi) is 8.05. The number of pyridine rings is 1. The summed E-state index contributed by atoms with van der Waals surface area (Å²) < 4.78 is 1.21. The van der Waals surface area contributed by atoms with Crippen molar-refractivity contribution in [3.05, 3.63) is 206 Å². The van der Waals surface area contributed by atoms with E-state index in [1.165, 1.54) is 70.8 Å². The lowest BCUT2D eigenvalue weighted by molar-refractivity contribution is 1.28. The Morgan fingerprint density at radius 3 is 1.26 bits per heavy atom. The van der Waals surface area contributed by atoms with E-state index in [2.05, 4.69) is 203 Å². The van der Waals surface area contributed by atoms with E-state index in [-0.39, 0.29) is 0 Å².